The summed E-state index contributed by atoms with van der Waals surface area (Å²) in [5.74, 6) is 0.306. The molecule has 9 heteroatoms. The van der Waals surface area contributed by atoms with Gasteiger partial charge in [-0.3, -0.25) is 4.79 Å². The molecular formula is C25H27ClN2O5S. The van der Waals surface area contributed by atoms with Gasteiger partial charge in [0.25, 0.3) is 5.91 Å². The summed E-state index contributed by atoms with van der Waals surface area (Å²) in [7, 11) is -3.81. The maximum Gasteiger partial charge on any atom is 0.262 e. The fourth-order valence-corrected chi connectivity index (χ4v) is 5.07. The number of sulfonamides is 1. The summed E-state index contributed by atoms with van der Waals surface area (Å²) in [5.41, 5.74) is 1.62. The Hall–Kier alpha value is -3.07. The summed E-state index contributed by atoms with van der Waals surface area (Å²) in [6.45, 7) is 4.18. The zero-order chi connectivity index (χ0) is 24.6. The molecule has 0 fully saturated rings. The maximum atomic E-state index is 13.0. The van der Waals surface area contributed by atoms with E-state index in [0.717, 1.165) is 5.56 Å². The predicted molar refractivity (Wildman–Crippen MR) is 133 cm³/mol. The van der Waals surface area contributed by atoms with Crippen molar-refractivity contribution in [3.63, 3.8) is 0 Å². The fourth-order valence-electron chi connectivity index (χ4n) is 3.22. The van der Waals surface area contributed by atoms with Crippen LogP contribution < -0.4 is 14.8 Å². The summed E-state index contributed by atoms with van der Waals surface area (Å²) in [6.07, 6.45) is 0. The molecule has 180 valence electrons. The molecule has 0 saturated heterocycles. The Morgan fingerprint density at radius 2 is 1.62 bits per heavy atom. The SMILES string of the molecule is CCN(CC)S(=O)(=O)c1cc(Cl)ccc1OCC(=O)Nc1ccc(OCc2ccccc2)cc1. The Morgan fingerprint density at radius 3 is 2.26 bits per heavy atom. The van der Waals surface area contributed by atoms with Crippen molar-refractivity contribution in [3.8, 4) is 11.5 Å². The highest BCUT2D eigenvalue weighted by molar-refractivity contribution is 7.89. The zero-order valence-corrected chi connectivity index (χ0v) is 20.6. The molecule has 0 spiro atoms. The van der Waals surface area contributed by atoms with Crippen LogP contribution in [0.15, 0.2) is 77.7 Å². The van der Waals surface area contributed by atoms with Crippen molar-refractivity contribution in [2.24, 2.45) is 0 Å². The average Bonchev–Trinajstić information content (AvgIpc) is 2.84. The van der Waals surface area contributed by atoms with E-state index in [2.05, 4.69) is 5.32 Å². The molecule has 0 heterocycles. The van der Waals surface area contributed by atoms with Crippen molar-refractivity contribution in [2.45, 2.75) is 25.3 Å². The molecule has 0 aliphatic rings. The highest BCUT2D eigenvalue weighted by atomic mass is 35.5. The Morgan fingerprint density at radius 1 is 0.941 bits per heavy atom. The minimum absolute atomic E-state index is 0.0658. The van der Waals surface area contributed by atoms with E-state index in [1.165, 1.54) is 22.5 Å². The van der Waals surface area contributed by atoms with E-state index in [1.54, 1.807) is 38.1 Å². The topological polar surface area (TPSA) is 84.9 Å². The smallest absolute Gasteiger partial charge is 0.262 e. The number of carbonyl (C=O) groups excluding carboxylic acids is 1. The van der Waals surface area contributed by atoms with E-state index in [0.29, 0.717) is 31.1 Å². The predicted octanol–water partition coefficient (Wildman–Crippen LogP) is 4.97. The lowest BCUT2D eigenvalue weighted by Gasteiger charge is -2.20. The van der Waals surface area contributed by atoms with Gasteiger partial charge in [-0.1, -0.05) is 55.8 Å². The number of halogens is 1. The van der Waals surface area contributed by atoms with Crippen molar-refractivity contribution in [2.75, 3.05) is 25.0 Å². The van der Waals surface area contributed by atoms with Crippen molar-refractivity contribution in [1.82, 2.24) is 4.31 Å². The average molecular weight is 503 g/mol. The molecule has 0 unspecified atom stereocenters. The van der Waals surface area contributed by atoms with E-state index in [4.69, 9.17) is 21.1 Å². The van der Waals surface area contributed by atoms with Crippen molar-refractivity contribution >= 4 is 33.2 Å². The minimum Gasteiger partial charge on any atom is -0.489 e. The number of rotatable bonds is 11. The number of hydrogen-bond acceptors (Lipinski definition) is 5. The summed E-state index contributed by atoms with van der Waals surface area (Å²) >= 11 is 6.03. The second-order valence-electron chi connectivity index (χ2n) is 7.32. The van der Waals surface area contributed by atoms with Gasteiger partial charge in [0.2, 0.25) is 10.0 Å². The Bertz CT molecular complexity index is 1200. The van der Waals surface area contributed by atoms with Crippen LogP contribution in [-0.4, -0.2) is 38.3 Å². The fraction of sp³-hybridized carbons (Fsp3) is 0.240. The zero-order valence-electron chi connectivity index (χ0n) is 19.0. The van der Waals surface area contributed by atoms with Crippen LogP contribution in [0.4, 0.5) is 5.69 Å². The van der Waals surface area contributed by atoms with E-state index < -0.39 is 15.9 Å². The molecule has 0 radical (unpaired) electrons. The van der Waals surface area contributed by atoms with Gasteiger partial charge in [0.15, 0.2) is 6.61 Å². The third-order valence-corrected chi connectivity index (χ3v) is 7.28. The largest absolute Gasteiger partial charge is 0.489 e. The van der Waals surface area contributed by atoms with Gasteiger partial charge >= 0.3 is 0 Å². The molecule has 3 rings (SSSR count). The van der Waals surface area contributed by atoms with Gasteiger partial charge in [-0.25, -0.2) is 8.42 Å². The van der Waals surface area contributed by atoms with Crippen LogP contribution in [0, 0.1) is 0 Å². The Kier molecular flexibility index (Phi) is 8.92. The number of anilines is 1. The van der Waals surface area contributed by atoms with Gasteiger partial charge in [-0.05, 0) is 48.0 Å². The number of hydrogen-bond donors (Lipinski definition) is 1. The number of carbonyl (C=O) groups is 1. The number of amides is 1. The van der Waals surface area contributed by atoms with Gasteiger partial charge in [0, 0.05) is 23.8 Å². The quantitative estimate of drug-likeness (QED) is 0.400. The molecule has 1 N–H and O–H groups in total. The Labute approximate surface area is 205 Å². The van der Waals surface area contributed by atoms with Crippen LogP contribution in [0.3, 0.4) is 0 Å². The number of benzene rings is 3. The van der Waals surface area contributed by atoms with Crippen LogP contribution in [-0.2, 0) is 21.4 Å². The lowest BCUT2D eigenvalue weighted by atomic mass is 10.2. The first-order valence-corrected chi connectivity index (χ1v) is 12.6. The van der Waals surface area contributed by atoms with Gasteiger partial charge < -0.3 is 14.8 Å². The molecule has 0 saturated carbocycles. The summed E-state index contributed by atoms with van der Waals surface area (Å²) < 4.78 is 38.5. The summed E-state index contributed by atoms with van der Waals surface area (Å²) in [4.78, 5) is 12.3. The van der Waals surface area contributed by atoms with Crippen LogP contribution >= 0.6 is 11.6 Å². The molecule has 0 atom stereocenters. The second kappa shape index (κ2) is 11.9. The monoisotopic (exact) mass is 502 g/mol. The van der Waals surface area contributed by atoms with Crippen molar-refractivity contribution in [1.29, 1.82) is 0 Å². The van der Waals surface area contributed by atoms with E-state index in [-0.39, 0.29) is 22.3 Å². The lowest BCUT2D eigenvalue weighted by molar-refractivity contribution is -0.118. The van der Waals surface area contributed by atoms with Gasteiger partial charge in [0.1, 0.15) is 23.0 Å². The van der Waals surface area contributed by atoms with Crippen LogP contribution in [0.25, 0.3) is 0 Å². The minimum atomic E-state index is -3.81. The van der Waals surface area contributed by atoms with Crippen molar-refractivity contribution < 1.29 is 22.7 Å². The molecule has 3 aromatic carbocycles. The molecule has 3 aromatic rings. The third kappa shape index (κ3) is 6.72. The molecule has 7 nitrogen and oxygen atoms in total. The normalized spacial score (nSPS) is 11.3. The Balaban J connectivity index is 1.60. The maximum absolute atomic E-state index is 13.0. The summed E-state index contributed by atoms with van der Waals surface area (Å²) in [5, 5.41) is 2.98. The van der Waals surface area contributed by atoms with Gasteiger partial charge in [-0.2, -0.15) is 4.31 Å². The van der Waals surface area contributed by atoms with Crippen LogP contribution in [0.5, 0.6) is 11.5 Å². The van der Waals surface area contributed by atoms with E-state index in [9.17, 15) is 13.2 Å². The molecule has 0 aliphatic carbocycles. The lowest BCUT2D eigenvalue weighted by Crippen LogP contribution is -2.31. The standard InChI is InChI=1S/C25H27ClN2O5S/c1-3-28(4-2)34(30,31)24-16-20(26)10-15-23(24)33-18-25(29)27-21-11-13-22(14-12-21)32-17-19-8-6-5-7-9-19/h5-16H,3-4,17-18H2,1-2H3,(H,27,29). The number of nitrogens with one attached hydrogen (secondary N) is 1. The first-order chi connectivity index (χ1) is 16.3. The molecule has 0 aliphatic heterocycles. The molecule has 0 bridgehead atoms. The molecular weight excluding hydrogens is 476 g/mol. The highest BCUT2D eigenvalue weighted by Crippen LogP contribution is 2.30. The van der Waals surface area contributed by atoms with Crippen molar-refractivity contribution in [3.05, 3.63) is 83.4 Å². The second-order valence-corrected chi connectivity index (χ2v) is 9.66. The summed E-state index contributed by atoms with van der Waals surface area (Å²) in [6, 6.07) is 21.1. The molecule has 0 aromatic heterocycles. The molecule has 1 amide bonds. The van der Waals surface area contributed by atoms with Gasteiger partial charge in [-0.15, -0.1) is 0 Å². The number of nitrogens with zero attached hydrogens (tertiary/aromatic N) is 1. The van der Waals surface area contributed by atoms with Crippen LogP contribution in [0.2, 0.25) is 5.02 Å². The number of ether oxygens (including phenoxy) is 2. The third-order valence-electron chi connectivity index (χ3n) is 4.97. The van der Waals surface area contributed by atoms with E-state index >= 15 is 0 Å². The van der Waals surface area contributed by atoms with Crippen LogP contribution in [0.1, 0.15) is 19.4 Å². The molecule has 34 heavy (non-hydrogen) atoms. The van der Waals surface area contributed by atoms with E-state index in [1.807, 2.05) is 30.3 Å². The highest BCUT2D eigenvalue weighted by Gasteiger charge is 2.26. The first-order valence-electron chi connectivity index (χ1n) is 10.8. The van der Waals surface area contributed by atoms with Gasteiger partial charge in [0.05, 0.1) is 0 Å². The first kappa shape index (κ1) is 25.6.